The highest BCUT2D eigenvalue weighted by Gasteiger charge is 2.40. The van der Waals surface area contributed by atoms with Gasteiger partial charge in [0.05, 0.1) is 17.5 Å². The third-order valence-electron chi connectivity index (χ3n) is 5.66. The summed E-state index contributed by atoms with van der Waals surface area (Å²) in [5.41, 5.74) is 3.12. The number of para-hydroxylation sites is 1. The molecule has 1 fully saturated rings. The first-order valence-electron chi connectivity index (χ1n) is 10.4. The largest absolute Gasteiger partial charge is 0.489 e. The molecule has 0 aliphatic carbocycles. The number of aromatic nitrogens is 1. The summed E-state index contributed by atoms with van der Waals surface area (Å²) in [6, 6.07) is 15.5. The van der Waals surface area contributed by atoms with Crippen molar-refractivity contribution >= 4 is 28.9 Å². The van der Waals surface area contributed by atoms with Crippen LogP contribution in [0.4, 0.5) is 4.79 Å². The van der Waals surface area contributed by atoms with Crippen LogP contribution < -0.4 is 10.1 Å². The Kier molecular flexibility index (Phi) is 6.12. The van der Waals surface area contributed by atoms with E-state index in [9.17, 15) is 19.5 Å². The molecule has 9 heteroatoms. The predicted molar refractivity (Wildman–Crippen MR) is 119 cm³/mol. The maximum absolute atomic E-state index is 12.6. The van der Waals surface area contributed by atoms with Crippen LogP contribution in [0.1, 0.15) is 21.6 Å². The van der Waals surface area contributed by atoms with Gasteiger partial charge in [0.25, 0.3) is 5.91 Å². The zero-order valence-electron chi connectivity index (χ0n) is 17.9. The van der Waals surface area contributed by atoms with Crippen molar-refractivity contribution in [3.8, 4) is 5.75 Å². The molecule has 2 unspecified atom stereocenters. The summed E-state index contributed by atoms with van der Waals surface area (Å²) >= 11 is 0. The molecule has 1 aliphatic rings. The molecule has 0 radical (unpaired) electrons. The van der Waals surface area contributed by atoms with Gasteiger partial charge in [-0.15, -0.1) is 0 Å². The molecule has 3 N–H and O–H groups in total. The highest BCUT2D eigenvalue weighted by atomic mass is 16.5. The first-order chi connectivity index (χ1) is 15.8. The molecule has 9 nitrogen and oxygen atoms in total. The number of carboxylic acids is 1. The highest BCUT2D eigenvalue weighted by molar-refractivity contribution is 5.95. The monoisotopic (exact) mass is 449 g/mol. The summed E-state index contributed by atoms with van der Waals surface area (Å²) in [5.74, 6) is -2.04. The summed E-state index contributed by atoms with van der Waals surface area (Å²) in [6.45, 7) is 2.03. The van der Waals surface area contributed by atoms with Gasteiger partial charge in [-0.2, -0.15) is 0 Å². The molecule has 4 rings (SSSR count). The van der Waals surface area contributed by atoms with Gasteiger partial charge >= 0.3 is 12.1 Å². The third-order valence-corrected chi connectivity index (χ3v) is 5.66. The van der Waals surface area contributed by atoms with Gasteiger partial charge in [-0.25, -0.2) is 4.79 Å². The lowest BCUT2D eigenvalue weighted by Crippen LogP contribution is -2.43. The summed E-state index contributed by atoms with van der Waals surface area (Å²) in [7, 11) is 0. The molecule has 1 aromatic heterocycles. The highest BCUT2D eigenvalue weighted by Crippen LogP contribution is 2.22. The number of ether oxygens (including phenoxy) is 1. The van der Waals surface area contributed by atoms with Gasteiger partial charge in [0.1, 0.15) is 12.4 Å². The van der Waals surface area contributed by atoms with E-state index in [-0.39, 0.29) is 13.1 Å². The van der Waals surface area contributed by atoms with E-state index in [0.29, 0.717) is 17.9 Å². The molecule has 2 atom stereocenters. The molecule has 2 aromatic carbocycles. The first-order valence-corrected chi connectivity index (χ1v) is 10.4. The molecule has 2 heterocycles. The molecule has 33 heavy (non-hydrogen) atoms. The van der Waals surface area contributed by atoms with E-state index in [1.807, 2.05) is 37.3 Å². The number of fused-ring (bicyclic) bond motifs is 1. The zero-order valence-corrected chi connectivity index (χ0v) is 17.9. The van der Waals surface area contributed by atoms with Gasteiger partial charge in [-0.1, -0.05) is 18.2 Å². The predicted octanol–water partition coefficient (Wildman–Crippen LogP) is 2.92. The Bertz CT molecular complexity index is 1210. The van der Waals surface area contributed by atoms with E-state index in [1.54, 1.807) is 24.3 Å². The van der Waals surface area contributed by atoms with E-state index in [4.69, 9.17) is 9.84 Å². The maximum atomic E-state index is 12.6. The first kappa shape index (κ1) is 22.1. The van der Waals surface area contributed by atoms with E-state index < -0.39 is 29.9 Å². The van der Waals surface area contributed by atoms with E-state index in [0.717, 1.165) is 27.1 Å². The van der Waals surface area contributed by atoms with Crippen LogP contribution in [0.3, 0.4) is 0 Å². The number of hydrogen-bond donors (Lipinski definition) is 3. The quantitative estimate of drug-likeness (QED) is 0.528. The Balaban J connectivity index is 1.41. The van der Waals surface area contributed by atoms with Crippen molar-refractivity contribution in [1.29, 1.82) is 0 Å². The molecular formula is C24H23N3O6. The number of aliphatic carboxylic acids is 1. The standard InChI is InChI=1S/C24H23N3O6/c1-14-10-16(18-4-2-3-5-20(18)25-14)13-33-17-8-6-15(7-9-17)22(28)26-21-12-27(24(31)32)11-19(21)23(29)30/h2-10,19,21H,11-13H2,1H3,(H,26,28)(H,29,30)(H,31,32). The average molecular weight is 449 g/mol. The number of nitrogens with one attached hydrogen (secondary N) is 1. The van der Waals surface area contributed by atoms with Crippen LogP contribution in [0.2, 0.25) is 0 Å². The molecule has 1 aliphatic heterocycles. The van der Waals surface area contributed by atoms with Gasteiger partial charge in [0.2, 0.25) is 0 Å². The zero-order chi connectivity index (χ0) is 23.5. The van der Waals surface area contributed by atoms with Crippen molar-refractivity contribution in [2.45, 2.75) is 19.6 Å². The maximum Gasteiger partial charge on any atom is 0.407 e. The number of carbonyl (C=O) groups is 3. The van der Waals surface area contributed by atoms with Crippen LogP contribution in [0.25, 0.3) is 10.9 Å². The number of aryl methyl sites for hydroxylation is 1. The fourth-order valence-corrected chi connectivity index (χ4v) is 3.99. The number of rotatable bonds is 6. The van der Waals surface area contributed by atoms with Crippen LogP contribution in [0, 0.1) is 12.8 Å². The Morgan fingerprint density at radius 3 is 2.52 bits per heavy atom. The molecule has 0 bridgehead atoms. The van der Waals surface area contributed by atoms with Crippen molar-refractivity contribution in [2.75, 3.05) is 13.1 Å². The number of pyridine rings is 1. The fraction of sp³-hybridized carbons (Fsp3) is 0.250. The Morgan fingerprint density at radius 2 is 1.82 bits per heavy atom. The van der Waals surface area contributed by atoms with Crippen molar-refractivity contribution < 1.29 is 29.3 Å². The normalized spacial score (nSPS) is 17.7. The minimum absolute atomic E-state index is 0.0709. The fourth-order valence-electron chi connectivity index (χ4n) is 3.99. The van der Waals surface area contributed by atoms with Crippen LogP contribution in [0.15, 0.2) is 54.6 Å². The van der Waals surface area contributed by atoms with Gasteiger partial charge < -0.3 is 25.2 Å². The smallest absolute Gasteiger partial charge is 0.407 e. The molecule has 2 amide bonds. The van der Waals surface area contributed by atoms with E-state index in [1.165, 1.54) is 0 Å². The number of carboxylic acid groups (broad SMARTS) is 2. The number of amides is 2. The Morgan fingerprint density at radius 1 is 1.09 bits per heavy atom. The van der Waals surface area contributed by atoms with Crippen molar-refractivity contribution in [2.24, 2.45) is 5.92 Å². The second kappa shape index (κ2) is 9.15. The van der Waals surface area contributed by atoms with E-state index >= 15 is 0 Å². The van der Waals surface area contributed by atoms with Gasteiger partial charge in [0.15, 0.2) is 0 Å². The van der Waals surface area contributed by atoms with Crippen LogP contribution in [-0.2, 0) is 11.4 Å². The summed E-state index contributed by atoms with van der Waals surface area (Å²) in [4.78, 5) is 40.7. The molecule has 3 aromatic rings. The van der Waals surface area contributed by atoms with Crippen molar-refractivity contribution in [3.05, 3.63) is 71.4 Å². The van der Waals surface area contributed by atoms with Crippen LogP contribution in [-0.4, -0.2) is 57.2 Å². The van der Waals surface area contributed by atoms with Crippen molar-refractivity contribution in [1.82, 2.24) is 15.2 Å². The lowest BCUT2D eigenvalue weighted by Gasteiger charge is -2.16. The van der Waals surface area contributed by atoms with E-state index in [2.05, 4.69) is 10.3 Å². The third kappa shape index (κ3) is 4.87. The second-order valence-corrected chi connectivity index (χ2v) is 7.97. The summed E-state index contributed by atoms with van der Waals surface area (Å²) < 4.78 is 5.90. The average Bonchev–Trinajstić information content (AvgIpc) is 3.22. The number of hydrogen-bond acceptors (Lipinski definition) is 5. The number of benzene rings is 2. The molecular weight excluding hydrogens is 426 g/mol. The molecule has 1 saturated heterocycles. The second-order valence-electron chi connectivity index (χ2n) is 7.97. The molecule has 170 valence electrons. The molecule has 0 saturated carbocycles. The van der Waals surface area contributed by atoms with Gasteiger partial charge in [-0.3, -0.25) is 14.6 Å². The number of likely N-dealkylation sites (tertiary alicyclic amines) is 1. The summed E-state index contributed by atoms with van der Waals surface area (Å²) in [6.07, 6.45) is -1.21. The minimum atomic E-state index is -1.21. The number of carbonyl (C=O) groups excluding carboxylic acids is 1. The minimum Gasteiger partial charge on any atom is -0.489 e. The Hall–Kier alpha value is -4.14. The lowest BCUT2D eigenvalue weighted by atomic mass is 10.0. The topological polar surface area (TPSA) is 129 Å². The van der Waals surface area contributed by atoms with Crippen LogP contribution >= 0.6 is 0 Å². The summed E-state index contributed by atoms with van der Waals surface area (Å²) in [5, 5.41) is 22.1. The molecule has 0 spiro atoms. The van der Waals surface area contributed by atoms with Gasteiger partial charge in [-0.05, 0) is 43.3 Å². The van der Waals surface area contributed by atoms with Crippen molar-refractivity contribution in [3.63, 3.8) is 0 Å². The lowest BCUT2D eigenvalue weighted by molar-refractivity contribution is -0.141. The Labute approximate surface area is 189 Å². The SMILES string of the molecule is Cc1cc(COc2ccc(C(=O)NC3CN(C(=O)O)CC3C(=O)O)cc2)c2ccccc2n1. The van der Waals surface area contributed by atoms with Gasteiger partial charge in [0, 0.05) is 35.3 Å². The van der Waals surface area contributed by atoms with Crippen LogP contribution in [0.5, 0.6) is 5.75 Å². The number of nitrogens with zero attached hydrogens (tertiary/aromatic N) is 2.